The van der Waals surface area contributed by atoms with E-state index in [0.717, 1.165) is 27.9 Å². The Hall–Kier alpha value is -2.21. The second kappa shape index (κ2) is 6.02. The molecule has 1 amide bonds. The Kier molecular flexibility index (Phi) is 3.84. The van der Waals surface area contributed by atoms with Gasteiger partial charge >= 0.3 is 0 Å². The Balaban J connectivity index is 1.76. The molecule has 1 atom stereocenters. The van der Waals surface area contributed by atoms with E-state index < -0.39 is 0 Å². The van der Waals surface area contributed by atoms with Crippen LogP contribution >= 0.6 is 15.9 Å². The number of fused-ring (bicyclic) bond motifs is 2. The van der Waals surface area contributed by atoms with Crippen molar-refractivity contribution < 1.29 is 14.3 Å². The van der Waals surface area contributed by atoms with Crippen molar-refractivity contribution in [3.8, 4) is 11.5 Å². The topological polar surface area (TPSA) is 50.8 Å². The van der Waals surface area contributed by atoms with Crippen molar-refractivity contribution in [2.75, 3.05) is 25.2 Å². The summed E-state index contributed by atoms with van der Waals surface area (Å²) in [6, 6.07) is 11.5. The van der Waals surface area contributed by atoms with Crippen molar-refractivity contribution in [3.63, 3.8) is 0 Å². The molecule has 0 radical (unpaired) electrons. The molecule has 2 aromatic carbocycles. The molecule has 4 rings (SSSR count). The van der Waals surface area contributed by atoms with Gasteiger partial charge in [0.2, 0.25) is 0 Å². The number of carbonyl (C=O) groups excluding carboxylic acids is 1. The Labute approximate surface area is 148 Å². The van der Waals surface area contributed by atoms with Crippen molar-refractivity contribution >= 4 is 27.5 Å². The smallest absolute Gasteiger partial charge is 0.255 e. The summed E-state index contributed by atoms with van der Waals surface area (Å²) in [6.07, 6.45) is 0.588. The normalized spacial score (nSPS) is 19.3. The highest BCUT2D eigenvalue weighted by atomic mass is 79.9. The Morgan fingerprint density at radius 3 is 2.88 bits per heavy atom. The summed E-state index contributed by atoms with van der Waals surface area (Å²) in [7, 11) is 1.97. The molecule has 1 N–H and O–H groups in total. The van der Waals surface area contributed by atoms with Gasteiger partial charge in [0, 0.05) is 13.5 Å². The molecule has 24 heavy (non-hydrogen) atoms. The summed E-state index contributed by atoms with van der Waals surface area (Å²) in [5.41, 5.74) is 2.54. The molecule has 124 valence electrons. The van der Waals surface area contributed by atoms with Gasteiger partial charge in [-0.15, -0.1) is 0 Å². The third kappa shape index (κ3) is 2.51. The minimum Gasteiger partial charge on any atom is -0.490 e. The summed E-state index contributed by atoms with van der Waals surface area (Å²) < 4.78 is 12.4. The van der Waals surface area contributed by atoms with E-state index in [1.807, 2.05) is 43.4 Å². The van der Waals surface area contributed by atoms with Crippen LogP contribution in [0.1, 0.15) is 28.5 Å². The van der Waals surface area contributed by atoms with Crippen molar-refractivity contribution in [1.82, 2.24) is 5.32 Å². The van der Waals surface area contributed by atoms with Gasteiger partial charge in [-0.3, -0.25) is 4.79 Å². The van der Waals surface area contributed by atoms with E-state index in [0.29, 0.717) is 24.5 Å². The van der Waals surface area contributed by atoms with Gasteiger partial charge in [-0.25, -0.2) is 0 Å². The fraction of sp³-hybridized carbons (Fsp3) is 0.278. The lowest BCUT2D eigenvalue weighted by Crippen LogP contribution is -2.44. The van der Waals surface area contributed by atoms with Crippen LogP contribution in [-0.2, 0) is 0 Å². The molecule has 5 nitrogen and oxygen atoms in total. The fourth-order valence-corrected chi connectivity index (χ4v) is 3.70. The molecule has 0 aromatic heterocycles. The van der Waals surface area contributed by atoms with Gasteiger partial charge in [-0.05, 0) is 45.8 Å². The molecule has 0 aliphatic carbocycles. The maximum atomic E-state index is 12.4. The number of hydrogen-bond donors (Lipinski definition) is 1. The number of amides is 1. The summed E-state index contributed by atoms with van der Waals surface area (Å²) >= 11 is 3.56. The number of anilines is 1. The average Bonchev–Trinajstić information content (AvgIpc) is 2.84. The van der Waals surface area contributed by atoms with Crippen molar-refractivity contribution in [3.05, 3.63) is 52.0 Å². The van der Waals surface area contributed by atoms with E-state index in [2.05, 4.69) is 26.1 Å². The second-order valence-electron chi connectivity index (χ2n) is 5.88. The van der Waals surface area contributed by atoms with E-state index in [1.165, 1.54) is 0 Å². The number of para-hydroxylation sites is 1. The molecular formula is C18H17BrN2O3. The fourth-order valence-electron chi connectivity index (χ4n) is 3.13. The van der Waals surface area contributed by atoms with Gasteiger partial charge < -0.3 is 19.7 Å². The highest BCUT2D eigenvalue weighted by Gasteiger charge is 2.30. The summed E-state index contributed by atoms with van der Waals surface area (Å²) in [5, 5.41) is 3.06. The van der Waals surface area contributed by atoms with Gasteiger partial charge in [0.1, 0.15) is 6.17 Å². The first-order chi connectivity index (χ1) is 11.6. The molecule has 0 saturated heterocycles. The zero-order chi connectivity index (χ0) is 16.7. The van der Waals surface area contributed by atoms with Crippen LogP contribution < -0.4 is 19.7 Å². The van der Waals surface area contributed by atoms with Gasteiger partial charge in [0.05, 0.1) is 28.9 Å². The molecule has 2 aromatic rings. The molecule has 2 aliphatic rings. The lowest BCUT2D eigenvalue weighted by Gasteiger charge is -2.36. The Morgan fingerprint density at radius 1 is 1.21 bits per heavy atom. The number of nitrogens with one attached hydrogen (secondary N) is 1. The van der Waals surface area contributed by atoms with Crippen LogP contribution in [0, 0.1) is 0 Å². The maximum absolute atomic E-state index is 12.4. The third-order valence-corrected chi connectivity index (χ3v) is 4.91. The van der Waals surface area contributed by atoms with Crippen LogP contribution in [0.3, 0.4) is 0 Å². The van der Waals surface area contributed by atoms with Crippen LogP contribution in [0.25, 0.3) is 0 Å². The number of hydrogen-bond acceptors (Lipinski definition) is 4. The van der Waals surface area contributed by atoms with E-state index in [-0.39, 0.29) is 12.1 Å². The van der Waals surface area contributed by atoms with Crippen LogP contribution in [0.4, 0.5) is 5.69 Å². The van der Waals surface area contributed by atoms with Gasteiger partial charge in [0.15, 0.2) is 11.5 Å². The number of rotatable bonds is 1. The Bertz CT molecular complexity index is 809. The SMILES string of the molecule is CN1c2ccccc2C(=O)N[C@@H]1c1cc(Br)c2c(c1)OCCCO2. The van der Waals surface area contributed by atoms with Crippen molar-refractivity contribution in [1.29, 1.82) is 0 Å². The molecule has 0 spiro atoms. The van der Waals surface area contributed by atoms with Crippen LogP contribution in [0.2, 0.25) is 0 Å². The monoisotopic (exact) mass is 388 g/mol. The third-order valence-electron chi connectivity index (χ3n) is 4.32. The molecular weight excluding hydrogens is 372 g/mol. The number of ether oxygens (including phenoxy) is 2. The average molecular weight is 389 g/mol. The number of carbonyl (C=O) groups is 1. The summed E-state index contributed by atoms with van der Waals surface area (Å²) in [4.78, 5) is 14.5. The zero-order valence-electron chi connectivity index (χ0n) is 13.2. The standard InChI is InChI=1S/C18H17BrN2O3/c1-21-14-6-3-2-5-12(14)18(22)20-17(21)11-9-13(19)16-15(10-11)23-7-4-8-24-16/h2-3,5-6,9-10,17H,4,7-8H2,1H3,(H,20,22)/t17-/m0/s1. The maximum Gasteiger partial charge on any atom is 0.255 e. The van der Waals surface area contributed by atoms with Crippen LogP contribution in [-0.4, -0.2) is 26.2 Å². The minimum absolute atomic E-state index is 0.0723. The number of benzene rings is 2. The zero-order valence-corrected chi connectivity index (χ0v) is 14.8. The molecule has 2 aliphatic heterocycles. The molecule has 0 bridgehead atoms. The molecule has 6 heteroatoms. The van der Waals surface area contributed by atoms with Crippen LogP contribution in [0.15, 0.2) is 40.9 Å². The quantitative estimate of drug-likeness (QED) is 0.812. The first kappa shape index (κ1) is 15.3. The van der Waals surface area contributed by atoms with E-state index in [9.17, 15) is 4.79 Å². The molecule has 0 unspecified atom stereocenters. The van der Waals surface area contributed by atoms with E-state index in [4.69, 9.17) is 9.47 Å². The predicted molar refractivity (Wildman–Crippen MR) is 94.8 cm³/mol. The first-order valence-electron chi connectivity index (χ1n) is 7.87. The number of halogens is 1. The molecule has 0 fully saturated rings. The van der Waals surface area contributed by atoms with Gasteiger partial charge in [-0.2, -0.15) is 0 Å². The molecule has 0 saturated carbocycles. The Morgan fingerprint density at radius 2 is 2.00 bits per heavy atom. The highest BCUT2D eigenvalue weighted by molar-refractivity contribution is 9.10. The lowest BCUT2D eigenvalue weighted by atomic mass is 10.0. The number of nitrogens with zero attached hydrogens (tertiary/aromatic N) is 1. The largest absolute Gasteiger partial charge is 0.490 e. The lowest BCUT2D eigenvalue weighted by molar-refractivity contribution is 0.0928. The van der Waals surface area contributed by atoms with E-state index >= 15 is 0 Å². The van der Waals surface area contributed by atoms with Crippen molar-refractivity contribution in [2.45, 2.75) is 12.6 Å². The van der Waals surface area contributed by atoms with Gasteiger partial charge in [0.25, 0.3) is 5.91 Å². The first-order valence-corrected chi connectivity index (χ1v) is 8.66. The van der Waals surface area contributed by atoms with Gasteiger partial charge in [-0.1, -0.05) is 12.1 Å². The van der Waals surface area contributed by atoms with E-state index in [1.54, 1.807) is 0 Å². The minimum atomic E-state index is -0.263. The second-order valence-corrected chi connectivity index (χ2v) is 6.74. The molecule has 2 heterocycles. The summed E-state index contributed by atoms with van der Waals surface area (Å²) in [5.74, 6) is 1.36. The van der Waals surface area contributed by atoms with Crippen molar-refractivity contribution in [2.24, 2.45) is 0 Å². The predicted octanol–water partition coefficient (Wildman–Crippen LogP) is 3.49. The highest BCUT2D eigenvalue weighted by Crippen LogP contribution is 2.41. The van der Waals surface area contributed by atoms with Crippen LogP contribution in [0.5, 0.6) is 11.5 Å². The summed E-state index contributed by atoms with van der Waals surface area (Å²) in [6.45, 7) is 1.26.